The Morgan fingerprint density at radius 1 is 0.943 bits per heavy atom. The minimum atomic E-state index is -0.411. The molecule has 0 aliphatic carbocycles. The van der Waals surface area contributed by atoms with Crippen molar-refractivity contribution in [1.82, 2.24) is 14.6 Å². The summed E-state index contributed by atoms with van der Waals surface area (Å²) in [6.07, 6.45) is 1.65. The summed E-state index contributed by atoms with van der Waals surface area (Å²) >= 11 is 1.20. The molecular formula is C25H23N5O4S. The number of nitrogens with zero attached hydrogens (tertiary/aromatic N) is 3. The van der Waals surface area contributed by atoms with Crippen molar-refractivity contribution in [3.8, 4) is 0 Å². The number of pyridine rings is 1. The standard InChI is InChI=1S/C25H23N5O4S/c1-3-34-24(33)17-7-10-19(11-8-17)26-22(31)15-35-25-29-28-21-12-9-18(14-30(21)25)23(32)27-20-6-4-5-16(2)13-20/h4-14H,3,15H2,1-2H3,(H,26,31)(H,27,32). The van der Waals surface area contributed by atoms with Gasteiger partial charge in [-0.05, 0) is 67.9 Å². The molecule has 0 aliphatic heterocycles. The Bertz CT molecular complexity index is 1380. The first kappa shape index (κ1) is 24.0. The molecule has 35 heavy (non-hydrogen) atoms. The minimum absolute atomic E-state index is 0.0835. The first-order valence-electron chi connectivity index (χ1n) is 10.9. The van der Waals surface area contributed by atoms with E-state index in [1.807, 2.05) is 31.2 Å². The van der Waals surface area contributed by atoms with Crippen molar-refractivity contribution < 1.29 is 19.1 Å². The lowest BCUT2D eigenvalue weighted by Crippen LogP contribution is -2.15. The Balaban J connectivity index is 1.39. The number of benzene rings is 2. The molecule has 0 spiro atoms. The molecule has 0 bridgehead atoms. The van der Waals surface area contributed by atoms with Crippen LogP contribution in [0.15, 0.2) is 72.0 Å². The van der Waals surface area contributed by atoms with Crippen molar-refractivity contribution in [1.29, 1.82) is 0 Å². The number of hydrogen-bond donors (Lipinski definition) is 2. The molecule has 0 fully saturated rings. The first-order chi connectivity index (χ1) is 16.9. The van der Waals surface area contributed by atoms with Crippen LogP contribution < -0.4 is 10.6 Å². The number of esters is 1. The third-order valence-corrected chi connectivity index (χ3v) is 5.86. The van der Waals surface area contributed by atoms with E-state index >= 15 is 0 Å². The maximum absolute atomic E-state index is 12.7. The van der Waals surface area contributed by atoms with Crippen molar-refractivity contribution in [2.75, 3.05) is 23.0 Å². The number of amides is 2. The van der Waals surface area contributed by atoms with Gasteiger partial charge in [-0.1, -0.05) is 23.9 Å². The van der Waals surface area contributed by atoms with Gasteiger partial charge in [-0.15, -0.1) is 10.2 Å². The van der Waals surface area contributed by atoms with Crippen LogP contribution in [0, 0.1) is 6.92 Å². The molecular weight excluding hydrogens is 466 g/mol. The summed E-state index contributed by atoms with van der Waals surface area (Å²) < 4.78 is 6.63. The Hall–Kier alpha value is -4.18. The van der Waals surface area contributed by atoms with E-state index in [1.165, 1.54) is 11.8 Å². The Morgan fingerprint density at radius 3 is 2.46 bits per heavy atom. The molecule has 0 atom stereocenters. The summed E-state index contributed by atoms with van der Waals surface area (Å²) in [6.45, 7) is 3.99. The number of hydrogen-bond acceptors (Lipinski definition) is 7. The normalized spacial score (nSPS) is 10.7. The molecule has 0 aliphatic rings. The van der Waals surface area contributed by atoms with Crippen LogP contribution >= 0.6 is 11.8 Å². The topological polar surface area (TPSA) is 115 Å². The average Bonchev–Trinajstić information content (AvgIpc) is 3.25. The summed E-state index contributed by atoms with van der Waals surface area (Å²) in [5.41, 5.74) is 3.73. The van der Waals surface area contributed by atoms with Crippen LogP contribution in [-0.2, 0) is 9.53 Å². The monoisotopic (exact) mass is 489 g/mol. The lowest BCUT2D eigenvalue weighted by Gasteiger charge is -2.08. The summed E-state index contributed by atoms with van der Waals surface area (Å²) in [6, 6.07) is 17.4. The van der Waals surface area contributed by atoms with Crippen LogP contribution in [0.1, 0.15) is 33.2 Å². The third-order valence-electron chi connectivity index (χ3n) is 4.92. The average molecular weight is 490 g/mol. The molecule has 2 aromatic heterocycles. The van der Waals surface area contributed by atoms with E-state index in [0.29, 0.717) is 39.9 Å². The van der Waals surface area contributed by atoms with Gasteiger partial charge in [0, 0.05) is 17.6 Å². The molecule has 9 nitrogen and oxygen atoms in total. The predicted octanol–water partition coefficient (Wildman–Crippen LogP) is 4.20. The Morgan fingerprint density at radius 2 is 1.71 bits per heavy atom. The smallest absolute Gasteiger partial charge is 0.338 e. The fraction of sp³-hybridized carbons (Fsp3) is 0.160. The van der Waals surface area contributed by atoms with E-state index in [-0.39, 0.29) is 17.6 Å². The lowest BCUT2D eigenvalue weighted by atomic mass is 10.2. The fourth-order valence-electron chi connectivity index (χ4n) is 3.26. The second-order valence-electron chi connectivity index (χ2n) is 7.59. The summed E-state index contributed by atoms with van der Waals surface area (Å²) in [5, 5.41) is 14.4. The van der Waals surface area contributed by atoms with Crippen molar-refractivity contribution in [2.45, 2.75) is 19.0 Å². The summed E-state index contributed by atoms with van der Waals surface area (Å²) in [5.74, 6) is -0.832. The molecule has 2 heterocycles. The number of aromatic nitrogens is 3. The predicted molar refractivity (Wildman–Crippen MR) is 134 cm³/mol. The number of ether oxygens (including phenoxy) is 1. The number of carbonyl (C=O) groups excluding carboxylic acids is 3. The zero-order valence-electron chi connectivity index (χ0n) is 19.1. The van der Waals surface area contributed by atoms with E-state index < -0.39 is 5.97 Å². The molecule has 2 N–H and O–H groups in total. The zero-order valence-corrected chi connectivity index (χ0v) is 20.0. The highest BCUT2D eigenvalue weighted by molar-refractivity contribution is 7.99. The van der Waals surface area contributed by atoms with Crippen LogP contribution in [0.3, 0.4) is 0 Å². The van der Waals surface area contributed by atoms with Crippen molar-refractivity contribution in [3.63, 3.8) is 0 Å². The van der Waals surface area contributed by atoms with Gasteiger partial charge >= 0.3 is 5.97 Å². The maximum atomic E-state index is 12.7. The minimum Gasteiger partial charge on any atom is -0.462 e. The van der Waals surface area contributed by atoms with E-state index in [0.717, 1.165) is 5.56 Å². The first-order valence-corrected chi connectivity index (χ1v) is 11.8. The SMILES string of the molecule is CCOC(=O)c1ccc(NC(=O)CSc2nnc3ccc(C(=O)Nc4cccc(C)c4)cn23)cc1. The van der Waals surface area contributed by atoms with Crippen molar-refractivity contribution in [3.05, 3.63) is 83.6 Å². The highest BCUT2D eigenvalue weighted by Crippen LogP contribution is 2.19. The van der Waals surface area contributed by atoms with Gasteiger partial charge < -0.3 is 15.4 Å². The van der Waals surface area contributed by atoms with Gasteiger partial charge in [-0.3, -0.25) is 14.0 Å². The quantitative estimate of drug-likeness (QED) is 0.282. The van der Waals surface area contributed by atoms with Crippen LogP contribution in [0.2, 0.25) is 0 Å². The van der Waals surface area contributed by atoms with Gasteiger partial charge in [-0.2, -0.15) is 0 Å². The lowest BCUT2D eigenvalue weighted by molar-refractivity contribution is -0.113. The van der Waals surface area contributed by atoms with Crippen LogP contribution in [0.25, 0.3) is 5.65 Å². The van der Waals surface area contributed by atoms with Crippen LogP contribution in [-0.4, -0.2) is 44.7 Å². The van der Waals surface area contributed by atoms with Gasteiger partial charge in [-0.25, -0.2) is 4.79 Å². The van der Waals surface area contributed by atoms with E-state index in [1.54, 1.807) is 53.9 Å². The second kappa shape index (κ2) is 10.8. The molecule has 10 heteroatoms. The summed E-state index contributed by atoms with van der Waals surface area (Å²) in [4.78, 5) is 36.9. The molecule has 178 valence electrons. The number of fused-ring (bicyclic) bond motifs is 1. The highest BCUT2D eigenvalue weighted by atomic mass is 32.2. The third kappa shape index (κ3) is 6.04. The molecule has 0 saturated heterocycles. The molecule has 2 amide bonds. The fourth-order valence-corrected chi connectivity index (χ4v) is 3.98. The van der Waals surface area contributed by atoms with E-state index in [4.69, 9.17) is 4.74 Å². The van der Waals surface area contributed by atoms with E-state index in [9.17, 15) is 14.4 Å². The van der Waals surface area contributed by atoms with Gasteiger partial charge in [0.2, 0.25) is 5.91 Å². The molecule has 2 aromatic carbocycles. The molecule has 0 saturated carbocycles. The number of anilines is 2. The van der Waals surface area contributed by atoms with Crippen molar-refractivity contribution >= 4 is 46.6 Å². The number of rotatable bonds is 8. The van der Waals surface area contributed by atoms with Gasteiger partial charge in [0.25, 0.3) is 5.91 Å². The molecule has 4 aromatic rings. The second-order valence-corrected chi connectivity index (χ2v) is 8.53. The maximum Gasteiger partial charge on any atom is 0.338 e. The van der Waals surface area contributed by atoms with Gasteiger partial charge in [0.05, 0.1) is 23.5 Å². The molecule has 4 rings (SSSR count). The Labute approximate surface area is 205 Å². The summed E-state index contributed by atoms with van der Waals surface area (Å²) in [7, 11) is 0. The zero-order chi connectivity index (χ0) is 24.8. The van der Waals surface area contributed by atoms with Gasteiger partial charge in [0.1, 0.15) is 0 Å². The number of carbonyl (C=O) groups is 3. The van der Waals surface area contributed by atoms with Gasteiger partial charge in [0.15, 0.2) is 10.8 Å². The number of nitrogens with one attached hydrogen (secondary N) is 2. The van der Waals surface area contributed by atoms with Crippen LogP contribution in [0.5, 0.6) is 0 Å². The molecule has 0 radical (unpaired) electrons. The number of aryl methyl sites for hydroxylation is 1. The van der Waals surface area contributed by atoms with Crippen LogP contribution in [0.4, 0.5) is 11.4 Å². The van der Waals surface area contributed by atoms with E-state index in [2.05, 4.69) is 20.8 Å². The largest absolute Gasteiger partial charge is 0.462 e. The Kier molecular flexibility index (Phi) is 7.41. The van der Waals surface area contributed by atoms with Crippen molar-refractivity contribution in [2.24, 2.45) is 0 Å². The molecule has 0 unspecified atom stereocenters. The number of thioether (sulfide) groups is 1. The highest BCUT2D eigenvalue weighted by Gasteiger charge is 2.13.